The molecule has 0 spiro atoms. The van der Waals surface area contributed by atoms with E-state index in [1.54, 1.807) is 11.4 Å². The van der Waals surface area contributed by atoms with E-state index in [1.807, 2.05) is 31.2 Å². The van der Waals surface area contributed by atoms with Crippen LogP contribution in [0.5, 0.6) is 11.5 Å². The van der Waals surface area contributed by atoms with Gasteiger partial charge in [-0.15, -0.1) is 0 Å². The zero-order valence-corrected chi connectivity index (χ0v) is 15.4. The van der Waals surface area contributed by atoms with E-state index in [0.717, 1.165) is 44.0 Å². The summed E-state index contributed by atoms with van der Waals surface area (Å²) in [7, 11) is -1.44. The Hall–Kier alpha value is -1.31. The van der Waals surface area contributed by atoms with E-state index in [-0.39, 0.29) is 5.75 Å². The number of benzene rings is 1. The molecule has 1 fully saturated rings. The summed E-state index contributed by atoms with van der Waals surface area (Å²) in [6.07, 6.45) is 1.64. The fraction of sp³-hybridized carbons (Fsp3) is 0.647. The van der Waals surface area contributed by atoms with Crippen LogP contribution < -0.4 is 9.47 Å². The lowest BCUT2D eigenvalue weighted by molar-refractivity contribution is 0.159. The number of methoxy groups -OCH3 is 1. The summed E-state index contributed by atoms with van der Waals surface area (Å²) >= 11 is 0. The molecule has 1 aromatic rings. The molecule has 0 N–H and O–H groups in total. The van der Waals surface area contributed by atoms with Gasteiger partial charge in [0.25, 0.3) is 0 Å². The van der Waals surface area contributed by atoms with E-state index >= 15 is 0 Å². The summed E-state index contributed by atoms with van der Waals surface area (Å²) in [6, 6.07) is 7.51. The second-order valence-corrected chi connectivity index (χ2v) is 8.02. The van der Waals surface area contributed by atoms with Crippen molar-refractivity contribution in [1.29, 1.82) is 0 Å². The minimum absolute atomic E-state index is 0.268. The molecule has 7 heteroatoms. The number of piperazine rings is 1. The van der Waals surface area contributed by atoms with Crippen molar-refractivity contribution in [1.82, 2.24) is 9.21 Å². The summed E-state index contributed by atoms with van der Waals surface area (Å²) in [6.45, 7) is 6.08. The molecule has 0 amide bonds. The largest absolute Gasteiger partial charge is 0.497 e. The van der Waals surface area contributed by atoms with Crippen LogP contribution in [0.15, 0.2) is 24.3 Å². The first-order chi connectivity index (χ1) is 11.5. The Morgan fingerprint density at radius 2 is 1.67 bits per heavy atom. The van der Waals surface area contributed by atoms with E-state index in [9.17, 15) is 8.42 Å². The first kappa shape index (κ1) is 19.0. The average molecular weight is 356 g/mol. The van der Waals surface area contributed by atoms with Crippen LogP contribution in [0.4, 0.5) is 0 Å². The Bertz CT molecular complexity index is 581. The van der Waals surface area contributed by atoms with Gasteiger partial charge in [-0.3, -0.25) is 4.90 Å². The first-order valence-corrected chi connectivity index (χ1v) is 10.1. The molecule has 1 aliphatic heterocycles. The van der Waals surface area contributed by atoms with Crippen molar-refractivity contribution >= 4 is 10.0 Å². The van der Waals surface area contributed by atoms with Crippen LogP contribution in [0.25, 0.3) is 0 Å². The molecule has 1 saturated heterocycles. The van der Waals surface area contributed by atoms with Crippen LogP contribution in [0.3, 0.4) is 0 Å². The van der Waals surface area contributed by atoms with Crippen molar-refractivity contribution < 1.29 is 17.9 Å². The average Bonchev–Trinajstić information content (AvgIpc) is 2.61. The Balaban J connectivity index is 1.69. The third-order valence-corrected chi connectivity index (χ3v) is 6.17. The van der Waals surface area contributed by atoms with Crippen LogP contribution >= 0.6 is 0 Å². The molecule has 136 valence electrons. The minimum atomic E-state index is -3.08. The highest BCUT2D eigenvalue weighted by atomic mass is 32.2. The van der Waals surface area contributed by atoms with E-state index in [4.69, 9.17) is 9.47 Å². The van der Waals surface area contributed by atoms with Gasteiger partial charge in [0.1, 0.15) is 18.1 Å². The second-order valence-electron chi connectivity index (χ2n) is 5.93. The quantitative estimate of drug-likeness (QED) is 0.675. The number of sulfonamides is 1. The zero-order chi connectivity index (χ0) is 17.4. The number of rotatable bonds is 9. The van der Waals surface area contributed by atoms with Crippen molar-refractivity contribution in [2.24, 2.45) is 0 Å². The molecule has 0 saturated carbocycles. The van der Waals surface area contributed by atoms with Crippen molar-refractivity contribution in [2.75, 3.05) is 52.2 Å². The van der Waals surface area contributed by atoms with Gasteiger partial charge >= 0.3 is 0 Å². The maximum absolute atomic E-state index is 12.2. The van der Waals surface area contributed by atoms with Crippen molar-refractivity contribution in [3.63, 3.8) is 0 Å². The summed E-state index contributed by atoms with van der Waals surface area (Å²) < 4.78 is 36.8. The van der Waals surface area contributed by atoms with Crippen LogP contribution in [-0.4, -0.2) is 69.8 Å². The van der Waals surface area contributed by atoms with E-state index in [0.29, 0.717) is 19.7 Å². The Kier molecular flexibility index (Phi) is 7.33. The van der Waals surface area contributed by atoms with Gasteiger partial charge in [0.2, 0.25) is 10.0 Å². The predicted octanol–water partition coefficient (Wildman–Crippen LogP) is 1.82. The SMILES string of the molecule is CCCCS(=O)(=O)N1CCN(CCOc2ccc(OC)cc2)CC1. The molecule has 0 aromatic heterocycles. The summed E-state index contributed by atoms with van der Waals surface area (Å²) in [4.78, 5) is 2.25. The first-order valence-electron chi connectivity index (χ1n) is 8.52. The molecular formula is C17H28N2O4S. The van der Waals surface area contributed by atoms with Gasteiger partial charge < -0.3 is 9.47 Å². The molecule has 1 aliphatic rings. The molecule has 0 atom stereocenters. The molecule has 1 aromatic carbocycles. The highest BCUT2D eigenvalue weighted by Gasteiger charge is 2.26. The molecule has 6 nitrogen and oxygen atoms in total. The highest BCUT2D eigenvalue weighted by Crippen LogP contribution is 2.17. The Morgan fingerprint density at radius 1 is 1.04 bits per heavy atom. The fourth-order valence-electron chi connectivity index (χ4n) is 2.65. The molecule has 0 radical (unpaired) electrons. The van der Waals surface area contributed by atoms with Crippen molar-refractivity contribution in [2.45, 2.75) is 19.8 Å². The number of nitrogens with zero attached hydrogens (tertiary/aromatic N) is 2. The van der Waals surface area contributed by atoms with Crippen molar-refractivity contribution in [3.05, 3.63) is 24.3 Å². The van der Waals surface area contributed by atoms with Crippen molar-refractivity contribution in [3.8, 4) is 11.5 Å². The molecule has 1 heterocycles. The summed E-state index contributed by atoms with van der Waals surface area (Å²) in [5.41, 5.74) is 0. The second kappa shape index (κ2) is 9.25. The topological polar surface area (TPSA) is 59.1 Å². The highest BCUT2D eigenvalue weighted by molar-refractivity contribution is 7.89. The van der Waals surface area contributed by atoms with Gasteiger partial charge in [-0.2, -0.15) is 4.31 Å². The third-order valence-electron chi connectivity index (χ3n) is 4.22. The lowest BCUT2D eigenvalue weighted by Crippen LogP contribution is -2.50. The minimum Gasteiger partial charge on any atom is -0.497 e. The molecule has 2 rings (SSSR count). The molecule has 24 heavy (non-hydrogen) atoms. The van der Waals surface area contributed by atoms with Crippen LogP contribution in [0.1, 0.15) is 19.8 Å². The zero-order valence-electron chi connectivity index (χ0n) is 14.6. The summed E-state index contributed by atoms with van der Waals surface area (Å²) in [5.74, 6) is 1.89. The van der Waals surface area contributed by atoms with Crippen LogP contribution in [0.2, 0.25) is 0 Å². The maximum Gasteiger partial charge on any atom is 0.214 e. The third kappa shape index (κ3) is 5.65. The monoisotopic (exact) mass is 356 g/mol. The van der Waals surface area contributed by atoms with Gasteiger partial charge in [0, 0.05) is 32.7 Å². The van der Waals surface area contributed by atoms with E-state index in [2.05, 4.69) is 4.90 Å². The molecular weight excluding hydrogens is 328 g/mol. The van der Waals surface area contributed by atoms with Gasteiger partial charge in [0.05, 0.1) is 12.9 Å². The van der Waals surface area contributed by atoms with Gasteiger partial charge in [0.15, 0.2) is 0 Å². The standard InChI is InChI=1S/C17H28N2O4S/c1-3-4-15-24(20,21)19-11-9-18(10-12-19)13-14-23-17-7-5-16(22-2)6-8-17/h5-8H,3-4,9-15H2,1-2H3. The van der Waals surface area contributed by atoms with E-state index in [1.165, 1.54) is 0 Å². The lowest BCUT2D eigenvalue weighted by Gasteiger charge is -2.33. The van der Waals surface area contributed by atoms with Gasteiger partial charge in [-0.25, -0.2) is 8.42 Å². The Labute approximate surface area is 145 Å². The number of unbranched alkanes of at least 4 members (excludes halogenated alkanes) is 1. The number of hydrogen-bond donors (Lipinski definition) is 0. The van der Waals surface area contributed by atoms with Crippen LogP contribution in [0, 0.1) is 0 Å². The lowest BCUT2D eigenvalue weighted by atomic mass is 10.3. The Morgan fingerprint density at radius 3 is 2.25 bits per heavy atom. The molecule has 0 unspecified atom stereocenters. The number of ether oxygens (including phenoxy) is 2. The van der Waals surface area contributed by atoms with Gasteiger partial charge in [-0.1, -0.05) is 13.3 Å². The number of hydrogen-bond acceptors (Lipinski definition) is 5. The van der Waals surface area contributed by atoms with Crippen LogP contribution in [-0.2, 0) is 10.0 Å². The fourth-order valence-corrected chi connectivity index (χ4v) is 4.28. The molecule has 0 aliphatic carbocycles. The van der Waals surface area contributed by atoms with Gasteiger partial charge in [-0.05, 0) is 30.7 Å². The smallest absolute Gasteiger partial charge is 0.214 e. The predicted molar refractivity (Wildman–Crippen MR) is 95.2 cm³/mol. The van der Waals surface area contributed by atoms with E-state index < -0.39 is 10.0 Å². The normalized spacial score (nSPS) is 16.9. The summed E-state index contributed by atoms with van der Waals surface area (Å²) in [5, 5.41) is 0. The maximum atomic E-state index is 12.2. The molecule has 0 bridgehead atoms.